The van der Waals surface area contributed by atoms with Gasteiger partial charge in [0.05, 0.1) is 11.3 Å². The van der Waals surface area contributed by atoms with Gasteiger partial charge in [-0.1, -0.05) is 69.6 Å². The molecule has 26 heavy (non-hydrogen) atoms. The van der Waals surface area contributed by atoms with Crippen molar-refractivity contribution in [1.82, 2.24) is 0 Å². The zero-order valence-corrected chi connectivity index (χ0v) is 18.8. The zero-order chi connectivity index (χ0) is 18.6. The maximum absolute atomic E-state index is 12.8. The molecule has 2 aliphatic rings. The van der Waals surface area contributed by atoms with Crippen molar-refractivity contribution in [3.8, 4) is 0 Å². The standard InChI is InChI=1S/C23H37NO.Ti/c1-16-14-12-10-8-6-7-9-11-13-15-23(16,22(24)25)21-19(4)17(2)18(3)20(21)5;/h19H,1,6-15H2,2-5H3,(H2,24,25);/p-1. The molecule has 0 aromatic rings. The Balaban J connectivity index is 0.00000338. The van der Waals surface area contributed by atoms with E-state index in [0.29, 0.717) is 0 Å². The molecule has 2 aliphatic carbocycles. The molecule has 2 nitrogen and oxygen atoms in total. The second kappa shape index (κ2) is 10.1. The molecule has 3 heteroatoms. The first-order chi connectivity index (χ1) is 11.8. The van der Waals surface area contributed by atoms with Gasteiger partial charge in [0, 0.05) is 27.6 Å². The summed E-state index contributed by atoms with van der Waals surface area (Å²) in [6, 6.07) is 0. The number of amides is 1. The fraction of sp³-hybridized carbons (Fsp3) is 0.696. The van der Waals surface area contributed by atoms with Crippen molar-refractivity contribution in [2.24, 2.45) is 11.3 Å². The molecular weight excluding hydrogens is 354 g/mol. The third kappa shape index (κ3) is 4.45. The zero-order valence-electron chi connectivity index (χ0n) is 17.3. The van der Waals surface area contributed by atoms with Gasteiger partial charge in [-0.25, -0.2) is 0 Å². The van der Waals surface area contributed by atoms with E-state index in [1.165, 1.54) is 54.4 Å². The summed E-state index contributed by atoms with van der Waals surface area (Å²) in [4.78, 5) is 12.8. The maximum atomic E-state index is 12.8. The number of hydrogen-bond acceptors (Lipinski definition) is 1. The van der Waals surface area contributed by atoms with E-state index in [2.05, 4.69) is 34.3 Å². The van der Waals surface area contributed by atoms with Crippen molar-refractivity contribution in [3.63, 3.8) is 0 Å². The van der Waals surface area contributed by atoms with Gasteiger partial charge in [0.15, 0.2) is 0 Å². The van der Waals surface area contributed by atoms with Crippen molar-refractivity contribution in [1.29, 1.82) is 0 Å². The molecule has 0 heterocycles. The monoisotopic (exact) mass is 390 g/mol. The summed E-state index contributed by atoms with van der Waals surface area (Å²) in [5.41, 5.74) is 13.6. The van der Waals surface area contributed by atoms with E-state index >= 15 is 0 Å². The Morgan fingerprint density at radius 2 is 1.46 bits per heavy atom. The van der Waals surface area contributed by atoms with E-state index < -0.39 is 11.3 Å². The van der Waals surface area contributed by atoms with Crippen LogP contribution in [0.5, 0.6) is 0 Å². The van der Waals surface area contributed by atoms with Gasteiger partial charge in [-0.05, 0) is 56.8 Å². The summed E-state index contributed by atoms with van der Waals surface area (Å²) in [6.07, 6.45) is 11.3. The molecule has 0 bridgehead atoms. The SMILES string of the molecule is C=C1CCCCCCCCCCC1(C([NH-])=O)C1=C(C)C(C)=C(C)C1C.[Ti]. The van der Waals surface area contributed by atoms with E-state index in [-0.39, 0.29) is 27.6 Å². The fourth-order valence-corrected chi connectivity index (χ4v) is 4.95. The van der Waals surface area contributed by atoms with Gasteiger partial charge in [0.1, 0.15) is 0 Å². The van der Waals surface area contributed by atoms with Crippen LogP contribution in [0.25, 0.3) is 5.73 Å². The minimum absolute atomic E-state index is 0. The molecule has 0 aromatic carbocycles. The molecule has 1 amide bonds. The molecule has 0 aliphatic heterocycles. The number of rotatable bonds is 2. The van der Waals surface area contributed by atoms with Gasteiger partial charge < -0.3 is 10.5 Å². The Morgan fingerprint density at radius 1 is 0.962 bits per heavy atom. The maximum Gasteiger partial charge on any atom is 0.0633 e. The summed E-state index contributed by atoms with van der Waals surface area (Å²) in [7, 11) is 0. The molecule has 0 saturated heterocycles. The Hall–Kier alpha value is -0.596. The summed E-state index contributed by atoms with van der Waals surface area (Å²) in [5.74, 6) is -0.183. The normalized spacial score (nSPS) is 29.1. The molecule has 1 N–H and O–H groups in total. The van der Waals surface area contributed by atoms with Crippen LogP contribution >= 0.6 is 0 Å². The van der Waals surface area contributed by atoms with E-state index in [4.69, 9.17) is 5.73 Å². The van der Waals surface area contributed by atoms with Crippen molar-refractivity contribution in [2.45, 2.75) is 91.9 Å². The minimum Gasteiger partial charge on any atom is -0.667 e. The fourth-order valence-electron chi connectivity index (χ4n) is 4.95. The number of nitrogens with one attached hydrogen (secondary N) is 1. The number of allylic oxidation sites excluding steroid dienone is 3. The first-order valence-electron chi connectivity index (χ1n) is 10.2. The van der Waals surface area contributed by atoms with E-state index in [9.17, 15) is 4.79 Å². The molecule has 1 saturated carbocycles. The molecular formula is C23H36NOTi-. The van der Waals surface area contributed by atoms with Crippen LogP contribution in [0.4, 0.5) is 0 Å². The first-order valence-corrected chi connectivity index (χ1v) is 10.2. The van der Waals surface area contributed by atoms with Gasteiger partial charge in [-0.2, -0.15) is 0 Å². The topological polar surface area (TPSA) is 40.9 Å². The van der Waals surface area contributed by atoms with Crippen molar-refractivity contribution < 1.29 is 26.5 Å². The second-order valence-corrected chi connectivity index (χ2v) is 8.23. The largest absolute Gasteiger partial charge is 0.667 e. The van der Waals surface area contributed by atoms with Crippen molar-refractivity contribution >= 4 is 5.91 Å². The van der Waals surface area contributed by atoms with Gasteiger partial charge in [0.25, 0.3) is 0 Å². The van der Waals surface area contributed by atoms with Gasteiger partial charge in [0.2, 0.25) is 0 Å². The van der Waals surface area contributed by atoms with E-state index in [1.807, 2.05) is 0 Å². The predicted molar refractivity (Wildman–Crippen MR) is 107 cm³/mol. The Morgan fingerprint density at radius 3 is 1.92 bits per heavy atom. The molecule has 2 atom stereocenters. The van der Waals surface area contributed by atoms with Crippen LogP contribution in [0.1, 0.15) is 91.9 Å². The molecule has 2 rings (SSSR count). The average Bonchev–Trinajstić information content (AvgIpc) is 2.75. The van der Waals surface area contributed by atoms with Crippen LogP contribution in [-0.2, 0) is 26.5 Å². The van der Waals surface area contributed by atoms with Crippen molar-refractivity contribution in [2.75, 3.05) is 0 Å². The Bertz CT molecular complexity index is 601. The first kappa shape index (κ1) is 23.4. The summed E-state index contributed by atoms with van der Waals surface area (Å²) < 4.78 is 0. The number of carbonyl (C=O) groups excluding carboxylic acids is 1. The summed E-state index contributed by atoms with van der Waals surface area (Å²) >= 11 is 0. The quantitative estimate of drug-likeness (QED) is 0.360. The Kier molecular flexibility index (Phi) is 9.10. The molecule has 144 valence electrons. The minimum atomic E-state index is -0.762. The molecule has 1 fully saturated rings. The molecule has 0 aromatic heterocycles. The van der Waals surface area contributed by atoms with Gasteiger partial charge >= 0.3 is 0 Å². The molecule has 0 spiro atoms. The summed E-state index contributed by atoms with van der Waals surface area (Å²) in [5, 5.41) is 0. The van der Waals surface area contributed by atoms with Crippen LogP contribution in [-0.4, -0.2) is 5.91 Å². The van der Waals surface area contributed by atoms with Crippen LogP contribution in [0, 0.1) is 11.3 Å². The molecule has 2 unspecified atom stereocenters. The number of hydrogen-bond donors (Lipinski definition) is 0. The summed E-state index contributed by atoms with van der Waals surface area (Å²) in [6.45, 7) is 13.1. The van der Waals surface area contributed by atoms with Gasteiger partial charge in [-0.15, -0.1) is 0 Å². The number of carbonyl (C=O) groups is 1. The van der Waals surface area contributed by atoms with E-state index in [1.54, 1.807) is 0 Å². The third-order valence-electron chi connectivity index (χ3n) is 6.87. The van der Waals surface area contributed by atoms with Crippen LogP contribution in [0.2, 0.25) is 0 Å². The predicted octanol–water partition coefficient (Wildman–Crippen LogP) is 7.32. The van der Waals surface area contributed by atoms with Crippen molar-refractivity contribution in [3.05, 3.63) is 40.2 Å². The average molecular weight is 390 g/mol. The van der Waals surface area contributed by atoms with E-state index in [0.717, 1.165) is 37.7 Å². The second-order valence-electron chi connectivity index (χ2n) is 8.23. The van der Waals surface area contributed by atoms with Crippen LogP contribution in [0.3, 0.4) is 0 Å². The van der Waals surface area contributed by atoms with Gasteiger partial charge in [-0.3, -0.25) is 0 Å². The Labute approximate surface area is 175 Å². The van der Waals surface area contributed by atoms with Crippen LogP contribution < -0.4 is 0 Å². The third-order valence-corrected chi connectivity index (χ3v) is 6.87. The molecule has 0 radical (unpaired) electrons. The smallest absolute Gasteiger partial charge is 0.0633 e. The van der Waals surface area contributed by atoms with Crippen LogP contribution in [0.15, 0.2) is 34.4 Å².